The van der Waals surface area contributed by atoms with Crippen LogP contribution in [0.5, 0.6) is 0 Å². The number of nitrogens with zero attached hydrogens (tertiary/aromatic N) is 1. The minimum absolute atomic E-state index is 0.136. The minimum atomic E-state index is -1.07. The van der Waals surface area contributed by atoms with Crippen molar-refractivity contribution in [3.63, 3.8) is 0 Å². The standard InChI is InChI=1S/C14H20N2O4/c1-10-4-6-12(7-5-10)16(9-13(17)18)14(19)15-8-11(2)20-3/h4-7,11H,8-9H2,1-3H3,(H,15,19)(H,17,18). The third-order valence-corrected chi connectivity index (χ3v) is 2.83. The molecule has 0 aliphatic carbocycles. The highest BCUT2D eigenvalue weighted by molar-refractivity contribution is 5.96. The van der Waals surface area contributed by atoms with Gasteiger partial charge in [0.15, 0.2) is 0 Å². The van der Waals surface area contributed by atoms with Gasteiger partial charge < -0.3 is 15.2 Å². The van der Waals surface area contributed by atoms with Gasteiger partial charge in [-0.25, -0.2) is 4.79 Å². The van der Waals surface area contributed by atoms with E-state index < -0.39 is 18.5 Å². The molecule has 0 fully saturated rings. The normalized spacial score (nSPS) is 11.8. The van der Waals surface area contributed by atoms with Crippen molar-refractivity contribution in [2.75, 3.05) is 25.1 Å². The van der Waals surface area contributed by atoms with Gasteiger partial charge in [-0.3, -0.25) is 9.69 Å². The van der Waals surface area contributed by atoms with E-state index in [2.05, 4.69) is 5.32 Å². The quantitative estimate of drug-likeness (QED) is 0.830. The van der Waals surface area contributed by atoms with Crippen LogP contribution in [0.1, 0.15) is 12.5 Å². The van der Waals surface area contributed by atoms with Crippen molar-refractivity contribution in [3.8, 4) is 0 Å². The predicted octanol–water partition coefficient (Wildman–Crippen LogP) is 1.63. The lowest BCUT2D eigenvalue weighted by molar-refractivity contribution is -0.135. The first-order chi connectivity index (χ1) is 9.43. The Balaban J connectivity index is 2.80. The van der Waals surface area contributed by atoms with E-state index in [0.29, 0.717) is 12.2 Å². The summed E-state index contributed by atoms with van der Waals surface area (Å²) in [6, 6.07) is 6.64. The second-order valence-electron chi connectivity index (χ2n) is 4.55. The first-order valence-electron chi connectivity index (χ1n) is 6.30. The van der Waals surface area contributed by atoms with E-state index in [9.17, 15) is 9.59 Å². The summed E-state index contributed by atoms with van der Waals surface area (Å²) in [4.78, 5) is 24.2. The van der Waals surface area contributed by atoms with Gasteiger partial charge in [0.05, 0.1) is 6.10 Å². The Labute approximate surface area is 118 Å². The maximum atomic E-state index is 12.1. The predicted molar refractivity (Wildman–Crippen MR) is 76.0 cm³/mol. The highest BCUT2D eigenvalue weighted by Crippen LogP contribution is 2.15. The number of aliphatic carboxylic acids is 1. The van der Waals surface area contributed by atoms with Crippen molar-refractivity contribution in [2.45, 2.75) is 20.0 Å². The highest BCUT2D eigenvalue weighted by Gasteiger charge is 2.19. The molecule has 0 aliphatic heterocycles. The molecule has 6 nitrogen and oxygen atoms in total. The Morgan fingerprint density at radius 1 is 1.35 bits per heavy atom. The van der Waals surface area contributed by atoms with Gasteiger partial charge in [0.25, 0.3) is 0 Å². The number of benzene rings is 1. The number of carbonyl (C=O) groups excluding carboxylic acids is 1. The molecule has 0 bridgehead atoms. The number of nitrogens with one attached hydrogen (secondary N) is 1. The van der Waals surface area contributed by atoms with Crippen LogP contribution in [-0.2, 0) is 9.53 Å². The smallest absolute Gasteiger partial charge is 0.323 e. The Hall–Kier alpha value is -2.08. The van der Waals surface area contributed by atoms with Crippen molar-refractivity contribution in [2.24, 2.45) is 0 Å². The number of amides is 2. The van der Waals surface area contributed by atoms with Crippen LogP contribution in [0.15, 0.2) is 24.3 Å². The molecule has 0 spiro atoms. The van der Waals surface area contributed by atoms with Gasteiger partial charge in [-0.15, -0.1) is 0 Å². The fraction of sp³-hybridized carbons (Fsp3) is 0.429. The van der Waals surface area contributed by atoms with E-state index in [-0.39, 0.29) is 6.10 Å². The minimum Gasteiger partial charge on any atom is -0.480 e. The zero-order chi connectivity index (χ0) is 15.1. The van der Waals surface area contributed by atoms with Crippen molar-refractivity contribution in [3.05, 3.63) is 29.8 Å². The van der Waals surface area contributed by atoms with Crippen LogP contribution >= 0.6 is 0 Å². The molecule has 1 aromatic carbocycles. The van der Waals surface area contributed by atoms with Gasteiger partial charge in [-0.2, -0.15) is 0 Å². The molecule has 0 aliphatic rings. The number of rotatable bonds is 6. The lowest BCUT2D eigenvalue weighted by Crippen LogP contribution is -2.45. The molecular formula is C14H20N2O4. The van der Waals surface area contributed by atoms with E-state index >= 15 is 0 Å². The monoisotopic (exact) mass is 280 g/mol. The number of methoxy groups -OCH3 is 1. The SMILES string of the molecule is COC(C)CNC(=O)N(CC(=O)O)c1ccc(C)cc1. The van der Waals surface area contributed by atoms with Crippen molar-refractivity contribution in [1.82, 2.24) is 5.32 Å². The summed E-state index contributed by atoms with van der Waals surface area (Å²) < 4.78 is 5.03. The fourth-order valence-corrected chi connectivity index (χ4v) is 1.55. The van der Waals surface area contributed by atoms with Crippen molar-refractivity contribution in [1.29, 1.82) is 0 Å². The molecule has 2 amide bonds. The van der Waals surface area contributed by atoms with Crippen LogP contribution in [0.25, 0.3) is 0 Å². The summed E-state index contributed by atoms with van der Waals surface area (Å²) in [5, 5.41) is 11.6. The van der Waals surface area contributed by atoms with Gasteiger partial charge in [0, 0.05) is 19.3 Å². The molecule has 0 saturated carbocycles. The number of aryl methyl sites for hydroxylation is 1. The van der Waals surface area contributed by atoms with E-state index in [1.165, 1.54) is 4.90 Å². The molecule has 0 heterocycles. The first-order valence-corrected chi connectivity index (χ1v) is 6.30. The average molecular weight is 280 g/mol. The number of anilines is 1. The molecule has 20 heavy (non-hydrogen) atoms. The van der Waals surface area contributed by atoms with E-state index in [1.54, 1.807) is 19.2 Å². The molecule has 1 unspecified atom stereocenters. The van der Waals surface area contributed by atoms with Gasteiger partial charge in [0.2, 0.25) is 0 Å². The molecule has 1 atom stereocenters. The maximum absolute atomic E-state index is 12.1. The van der Waals surface area contributed by atoms with Gasteiger partial charge in [-0.05, 0) is 26.0 Å². The molecular weight excluding hydrogens is 260 g/mol. The largest absolute Gasteiger partial charge is 0.480 e. The van der Waals surface area contributed by atoms with E-state index in [1.807, 2.05) is 26.0 Å². The number of hydrogen-bond donors (Lipinski definition) is 2. The fourth-order valence-electron chi connectivity index (χ4n) is 1.55. The van der Waals surface area contributed by atoms with Crippen LogP contribution < -0.4 is 10.2 Å². The Kier molecular flexibility index (Phi) is 5.99. The number of carboxylic acid groups (broad SMARTS) is 1. The van der Waals surface area contributed by atoms with Gasteiger partial charge >= 0.3 is 12.0 Å². The summed E-state index contributed by atoms with van der Waals surface area (Å²) in [5.41, 5.74) is 1.58. The molecule has 0 radical (unpaired) electrons. The number of carboxylic acids is 1. The van der Waals surface area contributed by atoms with E-state index in [0.717, 1.165) is 5.56 Å². The van der Waals surface area contributed by atoms with Crippen molar-refractivity contribution < 1.29 is 19.4 Å². The summed E-state index contributed by atoms with van der Waals surface area (Å²) in [6.45, 7) is 3.66. The van der Waals surface area contributed by atoms with Crippen LogP contribution in [0, 0.1) is 6.92 Å². The molecule has 6 heteroatoms. The molecule has 0 aromatic heterocycles. The second kappa shape index (κ2) is 7.49. The third-order valence-electron chi connectivity index (χ3n) is 2.83. The number of ether oxygens (including phenoxy) is 1. The topological polar surface area (TPSA) is 78.9 Å². The lowest BCUT2D eigenvalue weighted by atomic mass is 10.2. The zero-order valence-corrected chi connectivity index (χ0v) is 11.9. The van der Waals surface area contributed by atoms with Crippen LogP contribution in [0.3, 0.4) is 0 Å². The molecule has 110 valence electrons. The summed E-state index contributed by atoms with van der Waals surface area (Å²) in [5.74, 6) is -1.07. The summed E-state index contributed by atoms with van der Waals surface area (Å²) >= 11 is 0. The van der Waals surface area contributed by atoms with Crippen LogP contribution in [0.2, 0.25) is 0 Å². The van der Waals surface area contributed by atoms with E-state index in [4.69, 9.17) is 9.84 Å². The van der Waals surface area contributed by atoms with Gasteiger partial charge in [-0.1, -0.05) is 17.7 Å². The molecule has 2 N–H and O–H groups in total. The Morgan fingerprint density at radius 3 is 2.45 bits per heavy atom. The Bertz CT molecular complexity index is 459. The lowest BCUT2D eigenvalue weighted by Gasteiger charge is -2.22. The zero-order valence-electron chi connectivity index (χ0n) is 11.9. The maximum Gasteiger partial charge on any atom is 0.323 e. The summed E-state index contributed by atoms with van der Waals surface area (Å²) in [6.07, 6.45) is -0.136. The van der Waals surface area contributed by atoms with Crippen molar-refractivity contribution >= 4 is 17.7 Å². The van der Waals surface area contributed by atoms with Gasteiger partial charge in [0.1, 0.15) is 6.54 Å². The third kappa shape index (κ3) is 4.89. The number of carbonyl (C=O) groups is 2. The second-order valence-corrected chi connectivity index (χ2v) is 4.55. The molecule has 1 rings (SSSR count). The number of urea groups is 1. The van der Waals surface area contributed by atoms with Crippen LogP contribution in [-0.4, -0.2) is 43.4 Å². The first kappa shape index (κ1) is 16.0. The number of hydrogen-bond acceptors (Lipinski definition) is 3. The van der Waals surface area contributed by atoms with Crippen LogP contribution in [0.4, 0.5) is 10.5 Å². The molecule has 0 saturated heterocycles. The summed E-state index contributed by atoms with van der Waals surface area (Å²) in [7, 11) is 1.55. The molecule has 1 aromatic rings. The Morgan fingerprint density at radius 2 is 1.95 bits per heavy atom. The highest BCUT2D eigenvalue weighted by atomic mass is 16.5. The average Bonchev–Trinajstić information content (AvgIpc) is 2.42.